The molecule has 0 saturated heterocycles. The highest BCUT2D eigenvalue weighted by atomic mass is 32.2. The fourth-order valence-corrected chi connectivity index (χ4v) is 4.49. The molecule has 0 bridgehead atoms. The topological polar surface area (TPSA) is 86.6 Å². The van der Waals surface area contributed by atoms with Crippen LogP contribution in [-0.2, 0) is 12.3 Å². The van der Waals surface area contributed by atoms with E-state index in [9.17, 15) is 9.59 Å². The molecule has 0 saturated carbocycles. The summed E-state index contributed by atoms with van der Waals surface area (Å²) in [5.41, 5.74) is 1.88. The van der Waals surface area contributed by atoms with Crippen molar-refractivity contribution in [1.82, 2.24) is 28.5 Å². The Morgan fingerprint density at radius 2 is 1.87 bits per heavy atom. The molecule has 0 N–H and O–H groups in total. The number of pyridine rings is 1. The van der Waals surface area contributed by atoms with Crippen LogP contribution in [0.1, 0.15) is 25.5 Å². The lowest BCUT2D eigenvalue weighted by molar-refractivity contribution is 0.620. The van der Waals surface area contributed by atoms with Gasteiger partial charge in [0.2, 0.25) is 5.78 Å². The molecular weight excluding hydrogens is 412 g/mol. The number of benzene rings is 1. The van der Waals surface area contributed by atoms with Gasteiger partial charge in [-0.25, -0.2) is 4.98 Å². The summed E-state index contributed by atoms with van der Waals surface area (Å²) in [5, 5.41) is 9.98. The van der Waals surface area contributed by atoms with E-state index < -0.39 is 0 Å². The van der Waals surface area contributed by atoms with Crippen LogP contribution in [0.5, 0.6) is 0 Å². The molecule has 0 aliphatic heterocycles. The third kappa shape index (κ3) is 3.40. The van der Waals surface area contributed by atoms with E-state index in [-0.39, 0.29) is 11.1 Å². The lowest BCUT2D eigenvalue weighted by Crippen LogP contribution is -2.23. The van der Waals surface area contributed by atoms with Gasteiger partial charge in [0.15, 0.2) is 5.16 Å². The van der Waals surface area contributed by atoms with E-state index in [1.165, 1.54) is 16.2 Å². The summed E-state index contributed by atoms with van der Waals surface area (Å²) >= 11 is 1.44. The molecule has 1 aromatic carbocycles. The number of aryl methyl sites for hydroxylation is 1. The van der Waals surface area contributed by atoms with E-state index in [0.717, 1.165) is 18.4 Å². The van der Waals surface area contributed by atoms with Gasteiger partial charge >= 0.3 is 0 Å². The Balaban J connectivity index is 1.59. The molecule has 4 heterocycles. The summed E-state index contributed by atoms with van der Waals surface area (Å²) in [5.74, 6) is 0.996. The van der Waals surface area contributed by atoms with Crippen molar-refractivity contribution in [3.05, 3.63) is 81.1 Å². The molecule has 0 unspecified atom stereocenters. The molecule has 31 heavy (non-hydrogen) atoms. The SMILES string of the molecule is CCCCn1c(=O)c2ccccc2n2c(SCc3cc(=O)n4ccccc4n3)nnc12. The minimum absolute atomic E-state index is 0.0512. The van der Waals surface area contributed by atoms with Crippen LogP contribution in [0.3, 0.4) is 0 Å². The number of rotatable bonds is 6. The van der Waals surface area contributed by atoms with E-state index in [1.807, 2.05) is 40.8 Å². The summed E-state index contributed by atoms with van der Waals surface area (Å²) in [6.45, 7) is 2.68. The zero-order chi connectivity index (χ0) is 21.4. The zero-order valence-electron chi connectivity index (χ0n) is 16.9. The van der Waals surface area contributed by atoms with Crippen molar-refractivity contribution in [2.24, 2.45) is 0 Å². The number of hydrogen-bond donors (Lipinski definition) is 0. The number of nitrogens with zero attached hydrogens (tertiary/aromatic N) is 6. The standard InChI is InChI=1S/C22H20N6O2S/c1-2-3-11-27-20(30)16-8-4-5-9-17(16)28-21(27)24-25-22(28)31-14-15-13-19(29)26-12-7-6-10-18(26)23-15/h4-10,12-13H,2-3,11,14H2,1H3. The van der Waals surface area contributed by atoms with Gasteiger partial charge in [-0.05, 0) is 30.7 Å². The first-order chi connectivity index (χ1) is 15.2. The number of aromatic nitrogens is 6. The van der Waals surface area contributed by atoms with Crippen molar-refractivity contribution < 1.29 is 0 Å². The number of para-hydroxylation sites is 1. The van der Waals surface area contributed by atoms with E-state index in [0.29, 0.717) is 40.0 Å². The van der Waals surface area contributed by atoms with E-state index in [4.69, 9.17) is 0 Å². The third-order valence-corrected chi connectivity index (χ3v) is 6.15. The fourth-order valence-electron chi connectivity index (χ4n) is 3.66. The predicted octanol–water partition coefficient (Wildman–Crippen LogP) is 3.14. The van der Waals surface area contributed by atoms with Gasteiger partial charge in [0, 0.05) is 24.6 Å². The third-order valence-electron chi connectivity index (χ3n) is 5.19. The number of unbranched alkanes of at least 4 members (excludes halogenated alkanes) is 1. The molecule has 0 spiro atoms. The van der Waals surface area contributed by atoms with Gasteiger partial charge in [-0.2, -0.15) is 0 Å². The summed E-state index contributed by atoms with van der Waals surface area (Å²) < 4.78 is 5.13. The molecule has 0 aliphatic rings. The van der Waals surface area contributed by atoms with E-state index in [1.54, 1.807) is 22.9 Å². The molecule has 5 aromatic rings. The second-order valence-electron chi connectivity index (χ2n) is 7.25. The van der Waals surface area contributed by atoms with E-state index >= 15 is 0 Å². The number of fused-ring (bicyclic) bond motifs is 4. The molecule has 8 nitrogen and oxygen atoms in total. The van der Waals surface area contributed by atoms with Gasteiger partial charge in [0.05, 0.1) is 16.6 Å². The summed E-state index contributed by atoms with van der Waals surface area (Å²) in [7, 11) is 0. The lowest BCUT2D eigenvalue weighted by atomic mass is 10.2. The van der Waals surface area contributed by atoms with Crippen molar-refractivity contribution in [3.8, 4) is 0 Å². The molecule has 156 valence electrons. The quantitative estimate of drug-likeness (QED) is 0.383. The Morgan fingerprint density at radius 3 is 2.74 bits per heavy atom. The Bertz CT molecular complexity index is 1530. The maximum Gasteiger partial charge on any atom is 0.262 e. The average Bonchev–Trinajstić information content (AvgIpc) is 3.22. The van der Waals surface area contributed by atoms with Crippen LogP contribution in [0, 0.1) is 0 Å². The van der Waals surface area contributed by atoms with Gasteiger partial charge in [0.1, 0.15) is 5.65 Å². The van der Waals surface area contributed by atoms with Gasteiger partial charge in [0.25, 0.3) is 11.1 Å². The summed E-state index contributed by atoms with van der Waals surface area (Å²) in [4.78, 5) is 30.0. The molecule has 5 rings (SSSR count). The highest BCUT2D eigenvalue weighted by Crippen LogP contribution is 2.24. The molecule has 0 aliphatic carbocycles. The molecule has 0 fully saturated rings. The maximum atomic E-state index is 13.0. The Hall–Kier alpha value is -3.46. The molecule has 9 heteroatoms. The maximum absolute atomic E-state index is 13.0. The molecule has 0 amide bonds. The second-order valence-corrected chi connectivity index (χ2v) is 8.19. The van der Waals surface area contributed by atoms with Crippen molar-refractivity contribution in [2.45, 2.75) is 37.2 Å². The van der Waals surface area contributed by atoms with Gasteiger partial charge in [-0.15, -0.1) is 10.2 Å². The minimum atomic E-state index is -0.119. The van der Waals surface area contributed by atoms with Crippen LogP contribution >= 0.6 is 11.8 Å². The van der Waals surface area contributed by atoms with Crippen molar-refractivity contribution in [2.75, 3.05) is 0 Å². The monoisotopic (exact) mass is 432 g/mol. The Labute approximate surface area is 181 Å². The van der Waals surface area contributed by atoms with Crippen molar-refractivity contribution >= 4 is 34.1 Å². The Kier molecular flexibility index (Phi) is 5.03. The first-order valence-corrected chi connectivity index (χ1v) is 11.1. The van der Waals surface area contributed by atoms with E-state index in [2.05, 4.69) is 22.1 Å². The zero-order valence-corrected chi connectivity index (χ0v) is 17.7. The second kappa shape index (κ2) is 7.99. The van der Waals surface area contributed by atoms with Crippen LogP contribution in [0.25, 0.3) is 22.3 Å². The fraction of sp³-hybridized carbons (Fsp3) is 0.227. The average molecular weight is 433 g/mol. The normalized spacial score (nSPS) is 11.6. The van der Waals surface area contributed by atoms with Crippen LogP contribution < -0.4 is 11.1 Å². The van der Waals surface area contributed by atoms with Gasteiger partial charge < -0.3 is 0 Å². The number of hydrogen-bond acceptors (Lipinski definition) is 6. The minimum Gasteiger partial charge on any atom is -0.276 e. The number of thioether (sulfide) groups is 1. The van der Waals surface area contributed by atoms with Gasteiger partial charge in [-0.1, -0.05) is 43.3 Å². The molecule has 0 radical (unpaired) electrons. The van der Waals surface area contributed by atoms with Crippen LogP contribution in [0.4, 0.5) is 0 Å². The first-order valence-electron chi connectivity index (χ1n) is 10.1. The van der Waals surface area contributed by atoms with Crippen LogP contribution in [0.2, 0.25) is 0 Å². The first kappa shape index (κ1) is 19.5. The van der Waals surface area contributed by atoms with Crippen LogP contribution in [-0.4, -0.2) is 28.5 Å². The molecular formula is C22H20N6O2S. The van der Waals surface area contributed by atoms with Gasteiger partial charge in [-0.3, -0.25) is 23.0 Å². The predicted molar refractivity (Wildman–Crippen MR) is 121 cm³/mol. The highest BCUT2D eigenvalue weighted by molar-refractivity contribution is 7.98. The van der Waals surface area contributed by atoms with Crippen molar-refractivity contribution in [3.63, 3.8) is 0 Å². The smallest absolute Gasteiger partial charge is 0.262 e. The molecule has 0 atom stereocenters. The summed E-state index contributed by atoms with van der Waals surface area (Å²) in [6, 6.07) is 14.5. The molecule has 4 aromatic heterocycles. The highest BCUT2D eigenvalue weighted by Gasteiger charge is 2.17. The van der Waals surface area contributed by atoms with Crippen molar-refractivity contribution in [1.29, 1.82) is 0 Å². The Morgan fingerprint density at radius 1 is 1.03 bits per heavy atom. The largest absolute Gasteiger partial charge is 0.276 e. The lowest BCUT2D eigenvalue weighted by Gasteiger charge is -2.10. The van der Waals surface area contributed by atoms with Crippen LogP contribution in [0.15, 0.2) is 69.5 Å². The summed E-state index contributed by atoms with van der Waals surface area (Å²) in [6.07, 6.45) is 3.56.